The number of pyridine rings is 1. The van der Waals surface area contributed by atoms with Gasteiger partial charge < -0.3 is 19.1 Å². The van der Waals surface area contributed by atoms with Crippen LogP contribution in [0.2, 0.25) is 0 Å². The summed E-state index contributed by atoms with van der Waals surface area (Å²) in [6.45, 7) is 9.59. The topological polar surface area (TPSA) is 96.5 Å². The summed E-state index contributed by atoms with van der Waals surface area (Å²) in [6.07, 6.45) is 4.23. The monoisotopic (exact) mass is 502 g/mol. The Morgan fingerprint density at radius 1 is 1.16 bits per heavy atom. The average molecular weight is 503 g/mol. The lowest BCUT2D eigenvalue weighted by molar-refractivity contribution is 0.0315. The van der Waals surface area contributed by atoms with Crippen LogP contribution in [0.5, 0.6) is 0 Å². The fourth-order valence-electron chi connectivity index (χ4n) is 5.72. The Morgan fingerprint density at radius 2 is 1.95 bits per heavy atom. The van der Waals surface area contributed by atoms with Gasteiger partial charge in [-0.05, 0) is 70.9 Å². The number of nitrogens with zero attached hydrogens (tertiary/aromatic N) is 6. The van der Waals surface area contributed by atoms with Crippen LogP contribution in [0.4, 0.5) is 4.79 Å². The van der Waals surface area contributed by atoms with Crippen molar-refractivity contribution < 1.29 is 14.7 Å². The number of hydrogen-bond donors (Lipinski definition) is 1. The van der Waals surface area contributed by atoms with Crippen LogP contribution in [-0.4, -0.2) is 70.7 Å². The molecule has 0 bridgehead atoms. The number of fused-ring (bicyclic) bond motifs is 2. The molecular formula is C28H34N6O3. The number of rotatable bonds is 4. The molecule has 5 rings (SSSR count). The molecule has 1 N–H and O–H groups in total. The first-order valence-corrected chi connectivity index (χ1v) is 12.8. The first-order chi connectivity index (χ1) is 17.6. The van der Waals surface area contributed by atoms with Gasteiger partial charge in [0.1, 0.15) is 0 Å². The SMILES string of the molecule is CCn1c(-c2nc3cc(C(=O)N4CCCC(N(C(=O)O)C(C)(C)C)C4)ccc3n2C)cc2cnccc21. The lowest BCUT2D eigenvalue weighted by Crippen LogP contribution is -2.57. The summed E-state index contributed by atoms with van der Waals surface area (Å²) in [4.78, 5) is 38.0. The number of carbonyl (C=O) groups is 2. The van der Waals surface area contributed by atoms with Gasteiger partial charge in [0.2, 0.25) is 0 Å². The van der Waals surface area contributed by atoms with E-state index in [-0.39, 0.29) is 11.9 Å². The third kappa shape index (κ3) is 4.32. The highest BCUT2D eigenvalue weighted by atomic mass is 16.4. The van der Waals surface area contributed by atoms with Gasteiger partial charge in [-0.3, -0.25) is 14.7 Å². The van der Waals surface area contributed by atoms with Crippen LogP contribution in [0.25, 0.3) is 33.5 Å². The van der Waals surface area contributed by atoms with Crippen LogP contribution in [0, 0.1) is 0 Å². The Bertz CT molecular complexity index is 1500. The summed E-state index contributed by atoms with van der Waals surface area (Å²) < 4.78 is 4.28. The number of benzene rings is 1. The van der Waals surface area contributed by atoms with E-state index in [4.69, 9.17) is 4.98 Å². The number of carboxylic acid groups (broad SMARTS) is 1. The van der Waals surface area contributed by atoms with Crippen molar-refractivity contribution in [3.63, 3.8) is 0 Å². The maximum atomic E-state index is 13.5. The second kappa shape index (κ2) is 9.21. The van der Waals surface area contributed by atoms with E-state index in [1.807, 2.05) is 58.3 Å². The molecule has 0 radical (unpaired) electrons. The average Bonchev–Trinajstić information content (AvgIpc) is 3.39. The van der Waals surface area contributed by atoms with Crippen molar-refractivity contribution in [3.05, 3.63) is 48.3 Å². The molecule has 2 amide bonds. The second-order valence-electron chi connectivity index (χ2n) is 10.8. The molecule has 0 aliphatic carbocycles. The van der Waals surface area contributed by atoms with E-state index >= 15 is 0 Å². The quantitative estimate of drug-likeness (QED) is 0.424. The highest BCUT2D eigenvalue weighted by Gasteiger charge is 2.37. The number of aromatic nitrogens is 4. The number of hydrogen-bond acceptors (Lipinski definition) is 4. The van der Waals surface area contributed by atoms with Crippen LogP contribution in [0.1, 0.15) is 50.9 Å². The standard InChI is InChI=1S/C28H34N6O3/c1-6-33-22-11-12-29-16-19(22)15-24(33)25-30-21-14-18(9-10-23(21)31(25)5)26(35)32-13-7-8-20(17-32)34(27(36)37)28(2,3)4/h9-12,14-16,20H,6-8,13,17H2,1-5H3,(H,36,37). The number of aryl methyl sites for hydroxylation is 2. The number of imidazole rings is 1. The van der Waals surface area contributed by atoms with Crippen molar-refractivity contribution >= 4 is 33.9 Å². The van der Waals surface area contributed by atoms with Crippen LogP contribution in [-0.2, 0) is 13.6 Å². The zero-order chi connectivity index (χ0) is 26.5. The maximum absolute atomic E-state index is 13.5. The minimum atomic E-state index is -0.950. The molecule has 4 heterocycles. The van der Waals surface area contributed by atoms with E-state index in [0.29, 0.717) is 18.7 Å². The molecule has 37 heavy (non-hydrogen) atoms. The lowest BCUT2D eigenvalue weighted by atomic mass is 9.97. The Labute approximate surface area is 216 Å². The minimum Gasteiger partial charge on any atom is -0.465 e. The van der Waals surface area contributed by atoms with Gasteiger partial charge in [-0.1, -0.05) is 0 Å². The van der Waals surface area contributed by atoms with Gasteiger partial charge in [-0.25, -0.2) is 9.78 Å². The van der Waals surface area contributed by atoms with Crippen molar-refractivity contribution in [3.8, 4) is 11.5 Å². The zero-order valence-corrected chi connectivity index (χ0v) is 22.1. The molecular weight excluding hydrogens is 468 g/mol. The highest BCUT2D eigenvalue weighted by molar-refractivity contribution is 5.98. The zero-order valence-electron chi connectivity index (χ0n) is 22.1. The normalized spacial score (nSPS) is 16.5. The summed E-state index contributed by atoms with van der Waals surface area (Å²) in [6, 6.07) is 9.53. The minimum absolute atomic E-state index is 0.0909. The molecule has 1 saturated heterocycles. The van der Waals surface area contributed by atoms with E-state index in [9.17, 15) is 14.7 Å². The van der Waals surface area contributed by atoms with Gasteiger partial charge in [0.05, 0.1) is 28.3 Å². The van der Waals surface area contributed by atoms with Gasteiger partial charge in [-0.2, -0.15) is 0 Å². The Kier molecular flexibility index (Phi) is 6.17. The van der Waals surface area contributed by atoms with Crippen molar-refractivity contribution in [1.29, 1.82) is 0 Å². The van der Waals surface area contributed by atoms with E-state index in [0.717, 1.165) is 52.8 Å². The molecule has 1 aromatic carbocycles. The molecule has 0 saturated carbocycles. The molecule has 4 aromatic rings. The first kappa shape index (κ1) is 24.8. The molecule has 0 spiro atoms. The van der Waals surface area contributed by atoms with E-state index < -0.39 is 11.6 Å². The number of carbonyl (C=O) groups excluding carboxylic acids is 1. The van der Waals surface area contributed by atoms with E-state index in [2.05, 4.69) is 27.1 Å². The van der Waals surface area contributed by atoms with Crippen LogP contribution in [0.15, 0.2) is 42.7 Å². The molecule has 1 fully saturated rings. The van der Waals surface area contributed by atoms with Crippen molar-refractivity contribution in [2.75, 3.05) is 13.1 Å². The molecule has 9 nitrogen and oxygen atoms in total. The second-order valence-corrected chi connectivity index (χ2v) is 10.8. The van der Waals surface area contributed by atoms with Gasteiger partial charge in [0, 0.05) is 55.6 Å². The number of piperidine rings is 1. The Morgan fingerprint density at radius 3 is 2.65 bits per heavy atom. The summed E-state index contributed by atoms with van der Waals surface area (Å²) in [5.41, 5.74) is 3.84. The van der Waals surface area contributed by atoms with Gasteiger partial charge in [-0.15, -0.1) is 0 Å². The molecule has 1 aliphatic rings. The molecule has 1 aliphatic heterocycles. The van der Waals surface area contributed by atoms with Crippen molar-refractivity contribution in [2.45, 2.75) is 58.7 Å². The summed E-state index contributed by atoms with van der Waals surface area (Å²) >= 11 is 0. The Hall–Kier alpha value is -3.88. The predicted octanol–water partition coefficient (Wildman–Crippen LogP) is 4.99. The predicted molar refractivity (Wildman–Crippen MR) is 144 cm³/mol. The molecule has 9 heteroatoms. The molecule has 3 aromatic heterocycles. The van der Waals surface area contributed by atoms with Gasteiger partial charge in [0.25, 0.3) is 5.91 Å². The third-order valence-electron chi connectivity index (χ3n) is 7.35. The summed E-state index contributed by atoms with van der Waals surface area (Å²) in [7, 11) is 1.99. The third-order valence-corrected chi connectivity index (χ3v) is 7.35. The fraction of sp³-hybridized carbons (Fsp3) is 0.429. The van der Waals surface area contributed by atoms with Crippen LogP contribution in [0.3, 0.4) is 0 Å². The van der Waals surface area contributed by atoms with Crippen LogP contribution >= 0.6 is 0 Å². The van der Waals surface area contributed by atoms with Crippen molar-refractivity contribution in [1.82, 2.24) is 28.9 Å². The van der Waals surface area contributed by atoms with Gasteiger partial charge in [0.15, 0.2) is 5.82 Å². The smallest absolute Gasteiger partial charge is 0.408 e. The maximum Gasteiger partial charge on any atom is 0.408 e. The molecule has 1 unspecified atom stereocenters. The highest BCUT2D eigenvalue weighted by Crippen LogP contribution is 2.30. The van der Waals surface area contributed by atoms with Crippen molar-refractivity contribution in [2.24, 2.45) is 7.05 Å². The first-order valence-electron chi connectivity index (χ1n) is 12.8. The Balaban J connectivity index is 1.46. The summed E-state index contributed by atoms with van der Waals surface area (Å²) in [5.74, 6) is 0.741. The largest absolute Gasteiger partial charge is 0.465 e. The van der Waals surface area contributed by atoms with Crippen LogP contribution < -0.4 is 0 Å². The number of amides is 2. The van der Waals surface area contributed by atoms with E-state index in [1.165, 1.54) is 4.90 Å². The lowest BCUT2D eigenvalue weighted by Gasteiger charge is -2.44. The van der Waals surface area contributed by atoms with E-state index in [1.54, 1.807) is 11.1 Å². The van der Waals surface area contributed by atoms with Gasteiger partial charge >= 0.3 is 6.09 Å². The molecule has 1 atom stereocenters. The number of likely N-dealkylation sites (tertiary alicyclic amines) is 1. The fourth-order valence-corrected chi connectivity index (χ4v) is 5.72. The summed E-state index contributed by atoms with van der Waals surface area (Å²) in [5, 5.41) is 10.9. The molecule has 194 valence electrons.